The number of rotatable bonds is 7. The van der Waals surface area contributed by atoms with E-state index in [1.807, 2.05) is 13.8 Å². The highest BCUT2D eigenvalue weighted by Crippen LogP contribution is 2.05. The third-order valence-corrected chi connectivity index (χ3v) is 2.14. The highest BCUT2D eigenvalue weighted by Gasteiger charge is 2.26. The van der Waals surface area contributed by atoms with E-state index in [4.69, 9.17) is 15.9 Å². The summed E-state index contributed by atoms with van der Waals surface area (Å²) in [4.78, 5) is 33.1. The molecule has 3 amide bonds. The third-order valence-electron chi connectivity index (χ3n) is 2.14. The van der Waals surface area contributed by atoms with Crippen molar-refractivity contribution in [3.8, 4) is 0 Å². The predicted molar refractivity (Wildman–Crippen MR) is 62.6 cm³/mol. The lowest BCUT2D eigenvalue weighted by Gasteiger charge is -2.21. The number of nitrogens with two attached hydrogens (primary N) is 1. The SMILES string of the molecule is CC(C)CC(NC(N)=O)C(=O)N[C@@H](CO)C(=O)O. The topological polar surface area (TPSA) is 142 Å². The number of urea groups is 1. The van der Waals surface area contributed by atoms with Crippen LogP contribution in [0.15, 0.2) is 0 Å². The molecule has 2 atom stereocenters. The van der Waals surface area contributed by atoms with Crippen LogP contribution in [0.2, 0.25) is 0 Å². The quantitative estimate of drug-likeness (QED) is 0.384. The van der Waals surface area contributed by atoms with Gasteiger partial charge in [0.05, 0.1) is 6.61 Å². The number of primary amides is 1. The van der Waals surface area contributed by atoms with Gasteiger partial charge in [-0.15, -0.1) is 0 Å². The summed E-state index contributed by atoms with van der Waals surface area (Å²) in [6, 6.07) is -3.19. The van der Waals surface area contributed by atoms with Crippen LogP contribution >= 0.6 is 0 Å². The standard InChI is InChI=1S/C10H19N3O5/c1-5(2)3-6(13-10(11)18)8(15)12-7(4-14)9(16)17/h5-7,14H,3-4H2,1-2H3,(H,12,15)(H,16,17)(H3,11,13,18)/t6?,7-/m0/s1. The first kappa shape index (κ1) is 16.2. The van der Waals surface area contributed by atoms with E-state index in [1.54, 1.807) is 0 Å². The highest BCUT2D eigenvalue weighted by atomic mass is 16.4. The number of hydrogen-bond acceptors (Lipinski definition) is 4. The maximum Gasteiger partial charge on any atom is 0.328 e. The smallest absolute Gasteiger partial charge is 0.328 e. The van der Waals surface area contributed by atoms with Crippen molar-refractivity contribution < 1.29 is 24.6 Å². The van der Waals surface area contributed by atoms with Gasteiger partial charge >= 0.3 is 12.0 Å². The summed E-state index contributed by atoms with van der Waals surface area (Å²) in [5.41, 5.74) is 4.93. The van der Waals surface area contributed by atoms with Crippen LogP contribution in [-0.2, 0) is 9.59 Å². The van der Waals surface area contributed by atoms with E-state index in [0.29, 0.717) is 6.42 Å². The van der Waals surface area contributed by atoms with Gasteiger partial charge in [0.2, 0.25) is 5.91 Å². The zero-order valence-electron chi connectivity index (χ0n) is 10.3. The number of hydrogen-bond donors (Lipinski definition) is 5. The molecule has 0 spiro atoms. The fourth-order valence-electron chi connectivity index (χ4n) is 1.33. The Labute approximate surface area is 105 Å². The number of aliphatic carboxylic acids is 1. The Morgan fingerprint density at radius 2 is 1.72 bits per heavy atom. The van der Waals surface area contributed by atoms with Crippen LogP contribution in [-0.4, -0.2) is 46.8 Å². The molecule has 1 unspecified atom stereocenters. The van der Waals surface area contributed by atoms with Gasteiger partial charge in [-0.3, -0.25) is 4.79 Å². The van der Waals surface area contributed by atoms with Crippen molar-refractivity contribution in [1.82, 2.24) is 10.6 Å². The first-order chi connectivity index (χ1) is 8.27. The molecule has 104 valence electrons. The van der Waals surface area contributed by atoms with Crippen molar-refractivity contribution >= 4 is 17.9 Å². The summed E-state index contributed by atoms with van der Waals surface area (Å²) in [7, 11) is 0. The number of aliphatic hydroxyl groups is 1. The maximum atomic E-state index is 11.7. The third kappa shape index (κ3) is 6.04. The first-order valence-electron chi connectivity index (χ1n) is 5.48. The van der Waals surface area contributed by atoms with E-state index in [0.717, 1.165) is 0 Å². The molecule has 0 radical (unpaired) electrons. The number of carbonyl (C=O) groups is 3. The van der Waals surface area contributed by atoms with E-state index in [9.17, 15) is 14.4 Å². The minimum absolute atomic E-state index is 0.102. The van der Waals surface area contributed by atoms with Crippen molar-refractivity contribution in [2.45, 2.75) is 32.4 Å². The zero-order chi connectivity index (χ0) is 14.3. The summed E-state index contributed by atoms with van der Waals surface area (Å²) in [6.45, 7) is 2.94. The Morgan fingerprint density at radius 3 is 2.06 bits per heavy atom. The molecule has 18 heavy (non-hydrogen) atoms. The molecule has 0 rings (SSSR count). The number of carboxylic acid groups (broad SMARTS) is 1. The Kier molecular flexibility index (Phi) is 6.73. The second kappa shape index (κ2) is 7.49. The zero-order valence-corrected chi connectivity index (χ0v) is 10.3. The van der Waals surface area contributed by atoms with Crippen LogP contribution in [0.4, 0.5) is 4.79 Å². The van der Waals surface area contributed by atoms with E-state index in [-0.39, 0.29) is 5.92 Å². The molecule has 8 nitrogen and oxygen atoms in total. The van der Waals surface area contributed by atoms with Gasteiger partial charge in [-0.2, -0.15) is 0 Å². The lowest BCUT2D eigenvalue weighted by molar-refractivity contribution is -0.143. The summed E-state index contributed by atoms with van der Waals surface area (Å²) in [5, 5.41) is 21.8. The average Bonchev–Trinajstić information content (AvgIpc) is 2.22. The Balaban J connectivity index is 4.63. The average molecular weight is 261 g/mol. The minimum atomic E-state index is -1.40. The number of aliphatic hydroxyl groups excluding tert-OH is 1. The molecule has 0 bridgehead atoms. The van der Waals surface area contributed by atoms with Gasteiger partial charge in [0.15, 0.2) is 0 Å². The normalized spacial score (nSPS) is 13.8. The van der Waals surface area contributed by atoms with E-state index in [2.05, 4.69) is 10.6 Å². The fourth-order valence-corrected chi connectivity index (χ4v) is 1.33. The Morgan fingerprint density at radius 1 is 1.17 bits per heavy atom. The molecular weight excluding hydrogens is 242 g/mol. The lowest BCUT2D eigenvalue weighted by atomic mass is 10.0. The number of carbonyl (C=O) groups excluding carboxylic acids is 2. The summed E-state index contributed by atoms with van der Waals surface area (Å²) >= 11 is 0. The van der Waals surface area contributed by atoms with Crippen molar-refractivity contribution in [1.29, 1.82) is 0 Å². The van der Waals surface area contributed by atoms with Crippen molar-refractivity contribution in [2.24, 2.45) is 11.7 Å². The van der Waals surface area contributed by atoms with Crippen molar-refractivity contribution in [3.63, 3.8) is 0 Å². The van der Waals surface area contributed by atoms with Crippen LogP contribution < -0.4 is 16.4 Å². The fraction of sp³-hybridized carbons (Fsp3) is 0.700. The summed E-state index contributed by atoms with van der Waals surface area (Å²) < 4.78 is 0. The van der Waals surface area contributed by atoms with Crippen LogP contribution in [0, 0.1) is 5.92 Å². The van der Waals surface area contributed by atoms with Gasteiger partial charge in [-0.1, -0.05) is 13.8 Å². The lowest BCUT2D eigenvalue weighted by Crippen LogP contribution is -2.54. The largest absolute Gasteiger partial charge is 0.480 e. The van der Waals surface area contributed by atoms with Gasteiger partial charge in [0.25, 0.3) is 0 Å². The second-order valence-corrected chi connectivity index (χ2v) is 4.27. The molecule has 0 aromatic heterocycles. The molecule has 0 aliphatic heterocycles. The molecule has 0 fully saturated rings. The van der Waals surface area contributed by atoms with Gasteiger partial charge in [-0.05, 0) is 12.3 Å². The maximum absolute atomic E-state index is 11.7. The number of amides is 3. The van der Waals surface area contributed by atoms with Crippen molar-refractivity contribution in [2.75, 3.05) is 6.61 Å². The molecule has 0 heterocycles. The molecule has 0 saturated carbocycles. The summed E-state index contributed by atoms with van der Waals surface area (Å²) in [6.07, 6.45) is 0.312. The van der Waals surface area contributed by atoms with Gasteiger partial charge in [-0.25, -0.2) is 9.59 Å². The van der Waals surface area contributed by atoms with Crippen LogP contribution in [0.1, 0.15) is 20.3 Å². The summed E-state index contributed by atoms with van der Waals surface area (Å²) in [5.74, 6) is -1.94. The van der Waals surface area contributed by atoms with Gasteiger partial charge in [0.1, 0.15) is 12.1 Å². The number of carboxylic acids is 1. The van der Waals surface area contributed by atoms with Gasteiger partial charge < -0.3 is 26.6 Å². The molecule has 0 aliphatic rings. The number of nitrogens with one attached hydrogen (secondary N) is 2. The monoisotopic (exact) mass is 261 g/mol. The Hall–Kier alpha value is -1.83. The molecule has 0 saturated heterocycles. The van der Waals surface area contributed by atoms with Crippen molar-refractivity contribution in [3.05, 3.63) is 0 Å². The van der Waals surface area contributed by atoms with Crippen LogP contribution in [0.25, 0.3) is 0 Å². The van der Waals surface area contributed by atoms with Gasteiger partial charge in [0, 0.05) is 0 Å². The molecule has 0 aromatic rings. The highest BCUT2D eigenvalue weighted by molar-refractivity contribution is 5.89. The van der Waals surface area contributed by atoms with E-state index in [1.165, 1.54) is 0 Å². The van der Waals surface area contributed by atoms with E-state index < -0.39 is 36.6 Å². The minimum Gasteiger partial charge on any atom is -0.480 e. The predicted octanol–water partition coefficient (Wildman–Crippen LogP) is -1.37. The van der Waals surface area contributed by atoms with Crippen LogP contribution in [0.3, 0.4) is 0 Å². The molecule has 0 aromatic carbocycles. The molecule has 0 aliphatic carbocycles. The second-order valence-electron chi connectivity index (χ2n) is 4.27. The Bertz CT molecular complexity index is 319. The van der Waals surface area contributed by atoms with E-state index >= 15 is 0 Å². The molecule has 6 N–H and O–H groups in total. The molecular formula is C10H19N3O5. The van der Waals surface area contributed by atoms with Crippen LogP contribution in [0.5, 0.6) is 0 Å². The first-order valence-corrected chi connectivity index (χ1v) is 5.48. The molecule has 8 heteroatoms.